The molecule has 4 rings (SSSR count). The minimum Gasteiger partial charge on any atom is -0.456 e. The number of carbonyl (C=O) groups excluding carboxylic acids is 2. The minimum absolute atomic E-state index is 0.0200. The summed E-state index contributed by atoms with van der Waals surface area (Å²) in [4.78, 5) is 30.8. The van der Waals surface area contributed by atoms with Gasteiger partial charge in [0.15, 0.2) is 20.8 Å². The SMILES string of the molecule is O=C(CCCSc1nc2ccccc2s1)OCC(=O)N(C1CC1)C1CCS(=O)(=O)C1. The molecule has 1 saturated heterocycles. The van der Waals surface area contributed by atoms with Crippen molar-refractivity contribution in [2.45, 2.75) is 48.5 Å². The molecule has 1 aromatic heterocycles. The van der Waals surface area contributed by atoms with Gasteiger partial charge in [-0.1, -0.05) is 23.9 Å². The molecular weight excluding hydrogens is 444 g/mol. The van der Waals surface area contributed by atoms with Crippen LogP contribution in [0.5, 0.6) is 0 Å². The Labute approximate surface area is 184 Å². The number of benzene rings is 1. The van der Waals surface area contributed by atoms with Crippen LogP contribution in [0.2, 0.25) is 0 Å². The summed E-state index contributed by atoms with van der Waals surface area (Å²) in [6.45, 7) is -0.309. The minimum atomic E-state index is -3.07. The lowest BCUT2D eigenvalue weighted by Crippen LogP contribution is -2.44. The summed E-state index contributed by atoms with van der Waals surface area (Å²) in [6.07, 6.45) is 3.13. The third-order valence-corrected chi connectivity index (χ3v) is 9.23. The summed E-state index contributed by atoms with van der Waals surface area (Å²) in [5.74, 6) is 0.212. The van der Waals surface area contributed by atoms with Crippen molar-refractivity contribution in [3.63, 3.8) is 0 Å². The van der Waals surface area contributed by atoms with Gasteiger partial charge in [-0.25, -0.2) is 13.4 Å². The number of aromatic nitrogens is 1. The van der Waals surface area contributed by atoms with Crippen molar-refractivity contribution in [3.8, 4) is 0 Å². The van der Waals surface area contributed by atoms with E-state index in [9.17, 15) is 18.0 Å². The van der Waals surface area contributed by atoms with Crippen molar-refractivity contribution in [1.82, 2.24) is 9.88 Å². The number of thiazole rings is 1. The van der Waals surface area contributed by atoms with Gasteiger partial charge in [0, 0.05) is 24.3 Å². The number of rotatable bonds is 9. The van der Waals surface area contributed by atoms with Crippen LogP contribution in [0.25, 0.3) is 10.2 Å². The van der Waals surface area contributed by atoms with Crippen LogP contribution in [-0.2, 0) is 24.2 Å². The third kappa shape index (κ3) is 5.53. The number of amides is 1. The van der Waals surface area contributed by atoms with E-state index in [1.165, 1.54) is 0 Å². The van der Waals surface area contributed by atoms with Crippen molar-refractivity contribution in [3.05, 3.63) is 24.3 Å². The normalized spacial score (nSPS) is 20.3. The zero-order chi connectivity index (χ0) is 21.1. The highest BCUT2D eigenvalue weighted by molar-refractivity contribution is 8.01. The Morgan fingerprint density at radius 3 is 2.70 bits per heavy atom. The number of hydrogen-bond acceptors (Lipinski definition) is 8. The molecule has 0 bridgehead atoms. The topological polar surface area (TPSA) is 93.6 Å². The first-order chi connectivity index (χ1) is 14.4. The molecule has 162 valence electrons. The van der Waals surface area contributed by atoms with Gasteiger partial charge in [-0.15, -0.1) is 11.3 Å². The third-order valence-electron chi connectivity index (χ3n) is 5.21. The summed E-state index contributed by atoms with van der Waals surface area (Å²) < 4.78 is 30.8. The summed E-state index contributed by atoms with van der Waals surface area (Å²) >= 11 is 3.25. The lowest BCUT2D eigenvalue weighted by molar-refractivity contribution is -0.153. The molecule has 0 spiro atoms. The molecule has 1 aromatic carbocycles. The molecule has 2 aliphatic rings. The molecule has 1 unspecified atom stereocenters. The number of para-hydroxylation sites is 1. The number of carbonyl (C=O) groups is 2. The Morgan fingerprint density at radius 2 is 2.00 bits per heavy atom. The fourth-order valence-corrected chi connectivity index (χ4v) is 7.42. The fourth-order valence-electron chi connectivity index (χ4n) is 3.63. The van der Waals surface area contributed by atoms with E-state index in [-0.39, 0.29) is 42.5 Å². The van der Waals surface area contributed by atoms with Crippen LogP contribution < -0.4 is 0 Å². The van der Waals surface area contributed by atoms with Crippen LogP contribution >= 0.6 is 23.1 Å². The van der Waals surface area contributed by atoms with E-state index in [4.69, 9.17) is 4.74 Å². The number of ether oxygens (including phenoxy) is 1. The maximum atomic E-state index is 12.6. The molecule has 2 aromatic rings. The zero-order valence-corrected chi connectivity index (χ0v) is 18.9. The van der Waals surface area contributed by atoms with E-state index < -0.39 is 15.8 Å². The maximum absolute atomic E-state index is 12.6. The Hall–Kier alpha value is -1.65. The van der Waals surface area contributed by atoms with Crippen LogP contribution in [0.3, 0.4) is 0 Å². The second-order valence-corrected chi connectivity index (χ2v) is 12.3. The number of thioether (sulfide) groups is 1. The number of esters is 1. The fraction of sp³-hybridized carbons (Fsp3) is 0.550. The van der Waals surface area contributed by atoms with Gasteiger partial charge in [0.25, 0.3) is 5.91 Å². The van der Waals surface area contributed by atoms with E-state index >= 15 is 0 Å². The Bertz CT molecular complexity index is 999. The van der Waals surface area contributed by atoms with Crippen molar-refractivity contribution >= 4 is 55.0 Å². The number of nitrogens with zero attached hydrogens (tertiary/aromatic N) is 2. The van der Waals surface area contributed by atoms with Gasteiger partial charge in [0.1, 0.15) is 0 Å². The number of sulfone groups is 1. The quantitative estimate of drug-likeness (QED) is 0.317. The van der Waals surface area contributed by atoms with Crippen molar-refractivity contribution in [1.29, 1.82) is 0 Å². The molecule has 2 heterocycles. The van der Waals surface area contributed by atoms with Crippen LogP contribution in [0.15, 0.2) is 28.6 Å². The Kier molecular flexibility index (Phi) is 6.64. The van der Waals surface area contributed by atoms with Crippen LogP contribution in [0.1, 0.15) is 32.1 Å². The summed E-state index contributed by atoms with van der Waals surface area (Å²) in [6, 6.07) is 7.79. The zero-order valence-electron chi connectivity index (χ0n) is 16.5. The number of hydrogen-bond donors (Lipinski definition) is 0. The molecule has 1 saturated carbocycles. The smallest absolute Gasteiger partial charge is 0.306 e. The highest BCUT2D eigenvalue weighted by atomic mass is 32.2. The second-order valence-electron chi connectivity index (χ2n) is 7.65. The molecule has 1 aliphatic heterocycles. The van der Waals surface area contributed by atoms with E-state index in [0.717, 1.165) is 33.2 Å². The average molecular weight is 469 g/mol. The molecule has 0 radical (unpaired) electrons. The van der Waals surface area contributed by atoms with Gasteiger partial charge in [-0.2, -0.15) is 0 Å². The first kappa shape index (κ1) is 21.6. The molecular formula is C20H24N2O5S3. The van der Waals surface area contributed by atoms with Crippen LogP contribution in [0.4, 0.5) is 0 Å². The molecule has 30 heavy (non-hydrogen) atoms. The van der Waals surface area contributed by atoms with Crippen molar-refractivity contribution < 1.29 is 22.7 Å². The molecule has 0 N–H and O–H groups in total. The van der Waals surface area contributed by atoms with Crippen molar-refractivity contribution in [2.75, 3.05) is 23.9 Å². The Morgan fingerprint density at radius 1 is 1.20 bits per heavy atom. The van der Waals surface area contributed by atoms with Gasteiger partial charge < -0.3 is 9.64 Å². The highest BCUT2D eigenvalue weighted by Gasteiger charge is 2.42. The van der Waals surface area contributed by atoms with Gasteiger partial charge in [-0.05, 0) is 37.8 Å². The van der Waals surface area contributed by atoms with Gasteiger partial charge in [0.2, 0.25) is 0 Å². The van der Waals surface area contributed by atoms with Crippen LogP contribution in [-0.4, -0.2) is 66.1 Å². The van der Waals surface area contributed by atoms with Gasteiger partial charge >= 0.3 is 5.97 Å². The monoisotopic (exact) mass is 468 g/mol. The largest absolute Gasteiger partial charge is 0.456 e. The maximum Gasteiger partial charge on any atom is 0.306 e. The van der Waals surface area contributed by atoms with Crippen molar-refractivity contribution in [2.24, 2.45) is 0 Å². The molecule has 1 aliphatic carbocycles. The molecule has 10 heteroatoms. The van der Waals surface area contributed by atoms with Crippen LogP contribution in [0, 0.1) is 0 Å². The molecule has 1 amide bonds. The first-order valence-corrected chi connectivity index (χ1v) is 13.7. The predicted octanol–water partition coefficient (Wildman–Crippen LogP) is 2.89. The van der Waals surface area contributed by atoms with Gasteiger partial charge in [0.05, 0.1) is 21.7 Å². The summed E-state index contributed by atoms with van der Waals surface area (Å²) in [5, 5.41) is 0. The van der Waals surface area contributed by atoms with E-state index in [0.29, 0.717) is 12.8 Å². The van der Waals surface area contributed by atoms with E-state index in [2.05, 4.69) is 4.98 Å². The second kappa shape index (κ2) is 9.23. The van der Waals surface area contributed by atoms with E-state index in [1.54, 1.807) is 28.0 Å². The lowest BCUT2D eigenvalue weighted by atomic mass is 10.2. The van der Waals surface area contributed by atoms with E-state index in [1.807, 2.05) is 24.3 Å². The average Bonchev–Trinajstić information content (AvgIpc) is 3.34. The molecule has 7 nitrogen and oxygen atoms in total. The summed E-state index contributed by atoms with van der Waals surface area (Å²) in [7, 11) is -3.07. The Balaban J connectivity index is 1.18. The molecule has 2 fully saturated rings. The highest BCUT2D eigenvalue weighted by Crippen LogP contribution is 2.32. The first-order valence-electron chi connectivity index (χ1n) is 10.1. The molecule has 1 atom stereocenters. The number of fused-ring (bicyclic) bond motifs is 1. The van der Waals surface area contributed by atoms with Gasteiger partial charge in [-0.3, -0.25) is 9.59 Å². The predicted molar refractivity (Wildman–Crippen MR) is 117 cm³/mol. The standard InChI is InChI=1S/C20H24N2O5S3/c23-18(22(14-7-8-14)15-9-11-30(25,26)13-15)12-27-19(24)6-3-10-28-20-21-16-4-1-2-5-17(16)29-20/h1-2,4-5,14-15H,3,6-13H2. The lowest BCUT2D eigenvalue weighted by Gasteiger charge is -2.28. The summed E-state index contributed by atoms with van der Waals surface area (Å²) in [5.41, 5.74) is 0.984.